The average molecular weight is 227 g/mol. The highest BCUT2D eigenvalue weighted by Crippen LogP contribution is 2.29. The predicted octanol–water partition coefficient (Wildman–Crippen LogP) is 4.41. The van der Waals surface area contributed by atoms with Crippen LogP contribution in [0.25, 0.3) is 12.2 Å². The number of halogens is 1. The SMILES string of the molecule is Clc1cccc2c1C=Cc1ccccc1C2. The van der Waals surface area contributed by atoms with E-state index in [-0.39, 0.29) is 0 Å². The Balaban J connectivity index is 2.21. The summed E-state index contributed by atoms with van der Waals surface area (Å²) in [7, 11) is 0. The van der Waals surface area contributed by atoms with Gasteiger partial charge in [0.1, 0.15) is 0 Å². The van der Waals surface area contributed by atoms with Crippen LogP contribution in [-0.2, 0) is 6.42 Å². The molecule has 16 heavy (non-hydrogen) atoms. The van der Waals surface area contributed by atoms with Gasteiger partial charge in [-0.05, 0) is 34.7 Å². The molecule has 0 aliphatic heterocycles. The fraction of sp³-hybridized carbons (Fsp3) is 0.0667. The summed E-state index contributed by atoms with van der Waals surface area (Å²) >= 11 is 6.21. The summed E-state index contributed by atoms with van der Waals surface area (Å²) in [6.45, 7) is 0. The molecule has 0 amide bonds. The zero-order valence-electron chi connectivity index (χ0n) is 8.78. The molecule has 0 radical (unpaired) electrons. The Morgan fingerprint density at radius 3 is 2.56 bits per heavy atom. The number of fused-ring (bicyclic) bond motifs is 2. The molecule has 0 fully saturated rings. The molecule has 78 valence electrons. The third-order valence-corrected chi connectivity index (χ3v) is 3.34. The highest BCUT2D eigenvalue weighted by atomic mass is 35.5. The van der Waals surface area contributed by atoms with Gasteiger partial charge in [0.05, 0.1) is 0 Å². The number of hydrogen-bond acceptors (Lipinski definition) is 0. The summed E-state index contributed by atoms with van der Waals surface area (Å²) in [5, 5.41) is 0.835. The van der Waals surface area contributed by atoms with Crippen LogP contribution < -0.4 is 0 Å². The van der Waals surface area contributed by atoms with Crippen molar-refractivity contribution in [2.45, 2.75) is 6.42 Å². The van der Waals surface area contributed by atoms with Crippen LogP contribution >= 0.6 is 11.6 Å². The quantitative estimate of drug-likeness (QED) is 0.533. The number of benzene rings is 2. The van der Waals surface area contributed by atoms with Gasteiger partial charge in [-0.15, -0.1) is 0 Å². The predicted molar refractivity (Wildman–Crippen MR) is 69.6 cm³/mol. The molecule has 2 aromatic carbocycles. The summed E-state index contributed by atoms with van der Waals surface area (Å²) in [6.07, 6.45) is 5.22. The number of rotatable bonds is 0. The molecule has 0 unspecified atom stereocenters. The molecule has 1 aliphatic rings. The monoisotopic (exact) mass is 226 g/mol. The summed E-state index contributed by atoms with van der Waals surface area (Å²) < 4.78 is 0. The third kappa shape index (κ3) is 1.56. The first-order valence-electron chi connectivity index (χ1n) is 5.38. The number of hydrogen-bond donors (Lipinski definition) is 0. The van der Waals surface area contributed by atoms with Gasteiger partial charge in [0, 0.05) is 5.02 Å². The van der Waals surface area contributed by atoms with Gasteiger partial charge in [-0.2, -0.15) is 0 Å². The van der Waals surface area contributed by atoms with Crippen molar-refractivity contribution in [3.63, 3.8) is 0 Å². The van der Waals surface area contributed by atoms with Crippen molar-refractivity contribution >= 4 is 23.8 Å². The first-order valence-corrected chi connectivity index (χ1v) is 5.76. The summed E-state index contributed by atoms with van der Waals surface area (Å²) in [6, 6.07) is 14.6. The van der Waals surface area contributed by atoms with Gasteiger partial charge in [0.15, 0.2) is 0 Å². The second-order valence-electron chi connectivity index (χ2n) is 4.02. The first kappa shape index (κ1) is 9.68. The molecule has 1 heteroatoms. The van der Waals surface area contributed by atoms with E-state index in [4.69, 9.17) is 11.6 Å². The van der Waals surface area contributed by atoms with Gasteiger partial charge in [0.2, 0.25) is 0 Å². The average Bonchev–Trinajstić information content (AvgIpc) is 2.48. The van der Waals surface area contributed by atoms with Crippen LogP contribution in [0.3, 0.4) is 0 Å². The molecule has 2 aromatic rings. The van der Waals surface area contributed by atoms with Crippen LogP contribution in [0.5, 0.6) is 0 Å². The minimum Gasteiger partial charge on any atom is -0.0837 e. The highest BCUT2D eigenvalue weighted by molar-refractivity contribution is 6.32. The van der Waals surface area contributed by atoms with Gasteiger partial charge in [-0.25, -0.2) is 0 Å². The van der Waals surface area contributed by atoms with Gasteiger partial charge in [-0.1, -0.05) is 60.2 Å². The second kappa shape index (κ2) is 3.80. The zero-order chi connectivity index (χ0) is 11.0. The lowest BCUT2D eigenvalue weighted by atomic mass is 10.00. The van der Waals surface area contributed by atoms with E-state index in [0.29, 0.717) is 0 Å². The fourth-order valence-corrected chi connectivity index (χ4v) is 2.42. The van der Waals surface area contributed by atoms with Gasteiger partial charge in [0.25, 0.3) is 0 Å². The standard InChI is InChI=1S/C15H11Cl/c16-15-7-3-6-13-10-12-5-2-1-4-11(12)8-9-14(13)15/h1-9H,10H2. The lowest BCUT2D eigenvalue weighted by Gasteiger charge is -2.06. The van der Waals surface area contributed by atoms with Crippen molar-refractivity contribution in [3.8, 4) is 0 Å². The molecule has 0 N–H and O–H groups in total. The fourth-order valence-electron chi connectivity index (χ4n) is 2.16. The van der Waals surface area contributed by atoms with Crippen molar-refractivity contribution in [2.75, 3.05) is 0 Å². The highest BCUT2D eigenvalue weighted by Gasteiger charge is 2.10. The molecule has 0 aromatic heterocycles. The molecular formula is C15H11Cl. The van der Waals surface area contributed by atoms with Crippen LogP contribution in [-0.4, -0.2) is 0 Å². The zero-order valence-corrected chi connectivity index (χ0v) is 9.54. The third-order valence-electron chi connectivity index (χ3n) is 3.01. The maximum atomic E-state index is 6.21. The summed E-state index contributed by atoms with van der Waals surface area (Å²) in [5.41, 5.74) is 5.10. The smallest absolute Gasteiger partial charge is 0.0481 e. The van der Waals surface area contributed by atoms with E-state index < -0.39 is 0 Å². The Bertz CT molecular complexity index is 567. The maximum Gasteiger partial charge on any atom is 0.0481 e. The molecule has 0 nitrogen and oxygen atoms in total. The van der Waals surface area contributed by atoms with Crippen LogP contribution in [0.2, 0.25) is 5.02 Å². The molecule has 0 saturated heterocycles. The minimum atomic E-state index is 0.835. The molecule has 3 rings (SSSR count). The maximum absolute atomic E-state index is 6.21. The van der Waals surface area contributed by atoms with E-state index >= 15 is 0 Å². The normalized spacial score (nSPS) is 12.8. The Labute approximate surface area is 100 Å². The molecule has 1 aliphatic carbocycles. The van der Waals surface area contributed by atoms with Gasteiger partial charge < -0.3 is 0 Å². The van der Waals surface area contributed by atoms with Crippen LogP contribution in [0, 0.1) is 0 Å². The molecular weight excluding hydrogens is 216 g/mol. The van der Waals surface area contributed by atoms with Crippen molar-refractivity contribution in [3.05, 3.63) is 69.7 Å². The molecule has 0 heterocycles. The van der Waals surface area contributed by atoms with Gasteiger partial charge >= 0.3 is 0 Å². The van der Waals surface area contributed by atoms with Crippen molar-refractivity contribution in [2.24, 2.45) is 0 Å². The molecule has 0 spiro atoms. The Morgan fingerprint density at radius 1 is 0.812 bits per heavy atom. The Hall–Kier alpha value is -1.53. The first-order chi connectivity index (χ1) is 7.84. The summed E-state index contributed by atoms with van der Waals surface area (Å²) in [5.74, 6) is 0. The van der Waals surface area contributed by atoms with Crippen LogP contribution in [0.1, 0.15) is 22.3 Å². The van der Waals surface area contributed by atoms with E-state index in [1.165, 1.54) is 16.7 Å². The Morgan fingerprint density at radius 2 is 1.62 bits per heavy atom. The Kier molecular flexibility index (Phi) is 2.30. The van der Waals surface area contributed by atoms with Crippen molar-refractivity contribution in [1.82, 2.24) is 0 Å². The van der Waals surface area contributed by atoms with E-state index in [2.05, 4.69) is 42.5 Å². The van der Waals surface area contributed by atoms with E-state index in [1.807, 2.05) is 12.1 Å². The largest absolute Gasteiger partial charge is 0.0837 e. The summed E-state index contributed by atoms with van der Waals surface area (Å²) in [4.78, 5) is 0. The topological polar surface area (TPSA) is 0 Å². The van der Waals surface area contributed by atoms with Gasteiger partial charge in [-0.3, -0.25) is 0 Å². The van der Waals surface area contributed by atoms with E-state index in [1.54, 1.807) is 0 Å². The van der Waals surface area contributed by atoms with E-state index in [9.17, 15) is 0 Å². The second-order valence-corrected chi connectivity index (χ2v) is 4.43. The van der Waals surface area contributed by atoms with Crippen LogP contribution in [0.4, 0.5) is 0 Å². The minimum absolute atomic E-state index is 0.835. The molecule has 0 atom stereocenters. The van der Waals surface area contributed by atoms with Crippen LogP contribution in [0.15, 0.2) is 42.5 Å². The lowest BCUT2D eigenvalue weighted by molar-refractivity contribution is 1.18. The van der Waals surface area contributed by atoms with E-state index in [0.717, 1.165) is 17.0 Å². The molecule has 0 bridgehead atoms. The van der Waals surface area contributed by atoms with Crippen molar-refractivity contribution in [1.29, 1.82) is 0 Å². The lowest BCUT2D eigenvalue weighted by Crippen LogP contribution is -1.91. The van der Waals surface area contributed by atoms with Crippen molar-refractivity contribution < 1.29 is 0 Å². The molecule has 0 saturated carbocycles.